The zero-order chi connectivity index (χ0) is 9.90. The predicted molar refractivity (Wildman–Crippen MR) is 51.9 cm³/mol. The predicted octanol–water partition coefficient (Wildman–Crippen LogP) is 2.33. The Kier molecular flexibility index (Phi) is 3.48. The van der Waals surface area contributed by atoms with Crippen molar-refractivity contribution in [3.8, 4) is 0 Å². The molecule has 0 radical (unpaired) electrons. The van der Waals surface area contributed by atoms with Crippen molar-refractivity contribution < 1.29 is 9.59 Å². The van der Waals surface area contributed by atoms with E-state index in [1.807, 2.05) is 0 Å². The molecule has 0 aliphatic heterocycles. The summed E-state index contributed by atoms with van der Waals surface area (Å²) in [6.45, 7) is 1.78. The van der Waals surface area contributed by atoms with Gasteiger partial charge in [-0.3, -0.25) is 9.59 Å². The lowest BCUT2D eigenvalue weighted by atomic mass is 9.82. The van der Waals surface area contributed by atoms with Crippen molar-refractivity contribution in [2.45, 2.75) is 39.0 Å². The minimum Gasteiger partial charge on any atom is -0.299 e. The molecule has 0 aromatic heterocycles. The van der Waals surface area contributed by atoms with Crippen molar-refractivity contribution in [2.75, 3.05) is 5.88 Å². The van der Waals surface area contributed by atoms with Gasteiger partial charge in [-0.1, -0.05) is 6.42 Å². The fraction of sp³-hybridized carbons (Fsp3) is 0.800. The maximum absolute atomic E-state index is 11.4. The topological polar surface area (TPSA) is 34.1 Å². The highest BCUT2D eigenvalue weighted by molar-refractivity contribution is 6.17. The molecule has 0 heterocycles. The van der Waals surface area contributed by atoms with Gasteiger partial charge in [0.1, 0.15) is 11.6 Å². The highest BCUT2D eigenvalue weighted by Gasteiger charge is 2.44. The molecular formula is C10H15ClO2. The van der Waals surface area contributed by atoms with Gasteiger partial charge in [-0.05, 0) is 19.8 Å². The van der Waals surface area contributed by atoms with Crippen molar-refractivity contribution in [2.24, 2.45) is 5.41 Å². The highest BCUT2D eigenvalue weighted by atomic mass is 35.5. The highest BCUT2D eigenvalue weighted by Crippen LogP contribution is 2.35. The molecule has 0 bridgehead atoms. The number of rotatable bonds is 4. The van der Waals surface area contributed by atoms with Gasteiger partial charge in [0.25, 0.3) is 0 Å². The molecule has 0 amide bonds. The normalized spacial score (nSPS) is 21.1. The third-order valence-corrected chi connectivity index (χ3v) is 3.14. The SMILES string of the molecule is CC1(CCCCCl)C(=O)CCC1=O. The van der Waals surface area contributed by atoms with E-state index in [1.54, 1.807) is 6.92 Å². The number of unbranched alkanes of at least 4 members (excludes halogenated alkanes) is 1. The van der Waals surface area contributed by atoms with Gasteiger partial charge in [-0.2, -0.15) is 0 Å². The smallest absolute Gasteiger partial charge is 0.146 e. The molecule has 1 fully saturated rings. The zero-order valence-corrected chi connectivity index (χ0v) is 8.69. The molecule has 1 aliphatic rings. The van der Waals surface area contributed by atoms with E-state index in [0.717, 1.165) is 12.8 Å². The van der Waals surface area contributed by atoms with Crippen LogP contribution in [0.25, 0.3) is 0 Å². The molecule has 0 unspecified atom stereocenters. The Morgan fingerprint density at radius 3 is 2.23 bits per heavy atom. The third kappa shape index (κ3) is 2.11. The van der Waals surface area contributed by atoms with Gasteiger partial charge < -0.3 is 0 Å². The number of halogens is 1. The molecule has 1 saturated carbocycles. The lowest BCUT2D eigenvalue weighted by Gasteiger charge is -2.19. The standard InChI is InChI=1S/C10H15ClO2/c1-10(6-2-3-7-11)8(12)4-5-9(10)13/h2-7H2,1H3. The van der Waals surface area contributed by atoms with Crippen molar-refractivity contribution in [3.05, 3.63) is 0 Å². The van der Waals surface area contributed by atoms with Crippen LogP contribution in [0.5, 0.6) is 0 Å². The van der Waals surface area contributed by atoms with E-state index in [4.69, 9.17) is 11.6 Å². The summed E-state index contributed by atoms with van der Waals surface area (Å²) in [5.41, 5.74) is -0.675. The van der Waals surface area contributed by atoms with Crippen molar-refractivity contribution in [3.63, 3.8) is 0 Å². The van der Waals surface area contributed by atoms with E-state index in [0.29, 0.717) is 25.1 Å². The van der Waals surface area contributed by atoms with Crippen LogP contribution in [0.15, 0.2) is 0 Å². The lowest BCUT2D eigenvalue weighted by Crippen LogP contribution is -2.29. The second-order valence-corrected chi connectivity index (χ2v) is 4.20. The second kappa shape index (κ2) is 4.23. The minimum absolute atomic E-state index is 0.118. The zero-order valence-electron chi connectivity index (χ0n) is 7.94. The Morgan fingerprint density at radius 1 is 1.23 bits per heavy atom. The van der Waals surface area contributed by atoms with Crippen LogP contribution in [0.1, 0.15) is 39.0 Å². The number of Topliss-reactive ketones (excluding diaryl/α,β-unsaturated/α-hetero) is 2. The van der Waals surface area contributed by atoms with Crippen LogP contribution < -0.4 is 0 Å². The van der Waals surface area contributed by atoms with Crippen LogP contribution in [-0.4, -0.2) is 17.4 Å². The van der Waals surface area contributed by atoms with Crippen LogP contribution in [0.4, 0.5) is 0 Å². The summed E-state index contributed by atoms with van der Waals surface area (Å²) in [5.74, 6) is 0.845. The van der Waals surface area contributed by atoms with E-state index in [1.165, 1.54) is 0 Å². The van der Waals surface area contributed by atoms with Crippen LogP contribution >= 0.6 is 11.6 Å². The molecule has 13 heavy (non-hydrogen) atoms. The lowest BCUT2D eigenvalue weighted by molar-refractivity contribution is -0.134. The van der Waals surface area contributed by atoms with E-state index in [9.17, 15) is 9.59 Å². The Bertz CT molecular complexity index is 207. The average Bonchev–Trinajstić information content (AvgIpc) is 2.35. The molecule has 0 atom stereocenters. The number of hydrogen-bond acceptors (Lipinski definition) is 2. The average molecular weight is 203 g/mol. The van der Waals surface area contributed by atoms with Crippen LogP contribution in [0, 0.1) is 5.41 Å². The molecule has 1 aliphatic carbocycles. The summed E-state index contributed by atoms with van der Waals surface area (Å²) in [6.07, 6.45) is 3.32. The molecule has 0 spiro atoms. The van der Waals surface area contributed by atoms with E-state index in [2.05, 4.69) is 0 Å². The first kappa shape index (κ1) is 10.7. The van der Waals surface area contributed by atoms with Gasteiger partial charge in [0.15, 0.2) is 0 Å². The molecule has 0 aromatic carbocycles. The van der Waals surface area contributed by atoms with Crippen LogP contribution in [0.3, 0.4) is 0 Å². The van der Waals surface area contributed by atoms with Crippen molar-refractivity contribution >= 4 is 23.2 Å². The summed E-state index contributed by atoms with van der Waals surface area (Å²) in [6, 6.07) is 0. The van der Waals surface area contributed by atoms with E-state index >= 15 is 0 Å². The van der Waals surface area contributed by atoms with Crippen molar-refractivity contribution in [1.82, 2.24) is 0 Å². The van der Waals surface area contributed by atoms with Gasteiger partial charge in [0, 0.05) is 18.7 Å². The minimum atomic E-state index is -0.675. The fourth-order valence-electron chi connectivity index (χ4n) is 1.79. The van der Waals surface area contributed by atoms with E-state index < -0.39 is 5.41 Å². The van der Waals surface area contributed by atoms with Gasteiger partial charge >= 0.3 is 0 Å². The second-order valence-electron chi connectivity index (χ2n) is 3.82. The monoisotopic (exact) mass is 202 g/mol. The first-order valence-electron chi connectivity index (χ1n) is 4.74. The largest absolute Gasteiger partial charge is 0.299 e. The quantitative estimate of drug-likeness (QED) is 0.398. The number of alkyl halides is 1. The number of ketones is 2. The van der Waals surface area contributed by atoms with Gasteiger partial charge in [0.2, 0.25) is 0 Å². The molecule has 0 N–H and O–H groups in total. The van der Waals surface area contributed by atoms with Crippen LogP contribution in [0.2, 0.25) is 0 Å². The summed E-state index contributed by atoms with van der Waals surface area (Å²) in [7, 11) is 0. The Morgan fingerprint density at radius 2 is 1.77 bits per heavy atom. The Balaban J connectivity index is 2.53. The van der Waals surface area contributed by atoms with Crippen LogP contribution in [-0.2, 0) is 9.59 Å². The molecular weight excluding hydrogens is 188 g/mol. The summed E-state index contributed by atoms with van der Waals surface area (Å²) in [4.78, 5) is 22.9. The van der Waals surface area contributed by atoms with Gasteiger partial charge in [0.05, 0.1) is 5.41 Å². The maximum Gasteiger partial charge on any atom is 0.146 e. The molecule has 74 valence electrons. The van der Waals surface area contributed by atoms with Gasteiger partial charge in [-0.25, -0.2) is 0 Å². The number of carbonyl (C=O) groups excluding carboxylic acids is 2. The molecule has 2 nitrogen and oxygen atoms in total. The number of hydrogen-bond donors (Lipinski definition) is 0. The molecule has 0 saturated heterocycles. The molecule has 1 rings (SSSR count). The first-order valence-corrected chi connectivity index (χ1v) is 5.27. The maximum atomic E-state index is 11.4. The summed E-state index contributed by atoms with van der Waals surface area (Å²) >= 11 is 5.54. The fourth-order valence-corrected chi connectivity index (χ4v) is 1.98. The van der Waals surface area contributed by atoms with Gasteiger partial charge in [-0.15, -0.1) is 11.6 Å². The number of carbonyl (C=O) groups is 2. The molecule has 0 aromatic rings. The Labute approximate surface area is 83.6 Å². The van der Waals surface area contributed by atoms with Crippen molar-refractivity contribution in [1.29, 1.82) is 0 Å². The Hall–Kier alpha value is -0.370. The van der Waals surface area contributed by atoms with E-state index in [-0.39, 0.29) is 11.6 Å². The third-order valence-electron chi connectivity index (χ3n) is 2.87. The molecule has 3 heteroatoms. The first-order chi connectivity index (χ1) is 6.11. The summed E-state index contributed by atoms with van der Waals surface area (Å²) < 4.78 is 0. The summed E-state index contributed by atoms with van der Waals surface area (Å²) in [5, 5.41) is 0.